The summed E-state index contributed by atoms with van der Waals surface area (Å²) in [4.78, 5) is 0. The molecular weight excluding hydrogens is 835 g/mol. The molecule has 69 heavy (non-hydrogen) atoms. The molecule has 1 aliphatic carbocycles. The van der Waals surface area contributed by atoms with E-state index in [9.17, 15) is 0 Å². The molecule has 324 valence electrons. The monoisotopic (exact) mass is 879 g/mol. The minimum Gasteiger partial charge on any atom is -0.309 e. The van der Waals surface area contributed by atoms with E-state index in [1.54, 1.807) is 0 Å². The van der Waals surface area contributed by atoms with E-state index in [0.29, 0.717) is 0 Å². The molecule has 0 amide bonds. The Morgan fingerprint density at radius 2 is 0.609 bits per heavy atom. The summed E-state index contributed by atoms with van der Waals surface area (Å²) in [5.41, 5.74) is 20.0. The summed E-state index contributed by atoms with van der Waals surface area (Å²) in [5, 5.41) is 12.5. The van der Waals surface area contributed by atoms with Crippen molar-refractivity contribution in [2.75, 3.05) is 0 Å². The van der Waals surface area contributed by atoms with E-state index in [1.165, 1.54) is 126 Å². The summed E-state index contributed by atoms with van der Waals surface area (Å²) in [5.74, 6) is 0. The Labute approximate surface area is 399 Å². The summed E-state index contributed by atoms with van der Waals surface area (Å²) >= 11 is 0. The first-order valence-electron chi connectivity index (χ1n) is 24.2. The van der Waals surface area contributed by atoms with E-state index >= 15 is 0 Å². The molecule has 0 atom stereocenters. The molecule has 14 aromatic rings. The zero-order valence-corrected chi connectivity index (χ0v) is 38.6. The average molecular weight is 880 g/mol. The number of fused-ring (bicyclic) bond motifs is 15. The third-order valence-corrected chi connectivity index (χ3v) is 15.3. The van der Waals surface area contributed by atoms with Crippen LogP contribution >= 0.6 is 0 Å². The van der Waals surface area contributed by atoms with Crippen molar-refractivity contribution in [2.45, 2.75) is 26.2 Å². The van der Waals surface area contributed by atoms with Crippen LogP contribution in [0.25, 0.3) is 137 Å². The molecule has 0 saturated heterocycles. The molecule has 3 nitrogen and oxygen atoms in total. The zero-order valence-electron chi connectivity index (χ0n) is 38.6. The normalized spacial score (nSPS) is 12.6. The predicted molar refractivity (Wildman–Crippen MR) is 293 cm³/mol. The van der Waals surface area contributed by atoms with E-state index in [0.717, 1.165) is 17.1 Å². The standard InChI is InChI=1S/C66H45N3/c1-66(2,3)46-25-22-40(23-26-46)41-20-21-42-34-54-56(36-44(42)32-41)55-35-43-24-27-47(33-45(43)37-57(54)55)67-64-30-28-48(68-60-16-8-4-12-50(60)51-13-5-9-17-61(51)68)38-58(64)59-39-49(29-31-65(59)67)69-62-18-10-6-14-52(62)53-15-7-11-19-63(53)69/h4-39H,1-3H3. The van der Waals surface area contributed by atoms with Crippen LogP contribution in [0, 0.1) is 0 Å². The number of hydrogen-bond donors (Lipinski definition) is 0. The highest BCUT2D eigenvalue weighted by molar-refractivity contribution is 6.15. The van der Waals surface area contributed by atoms with Crippen molar-refractivity contribution in [3.8, 4) is 50.4 Å². The van der Waals surface area contributed by atoms with Crippen LogP contribution in [0.15, 0.2) is 218 Å². The second-order valence-corrected chi connectivity index (χ2v) is 20.2. The molecule has 0 fully saturated rings. The van der Waals surface area contributed by atoms with E-state index in [4.69, 9.17) is 0 Å². The average Bonchev–Trinajstić information content (AvgIpc) is 4.02. The van der Waals surface area contributed by atoms with Crippen molar-refractivity contribution >= 4 is 87.0 Å². The van der Waals surface area contributed by atoms with Crippen LogP contribution in [0.5, 0.6) is 0 Å². The number of para-hydroxylation sites is 4. The van der Waals surface area contributed by atoms with Crippen molar-refractivity contribution in [3.63, 3.8) is 0 Å². The van der Waals surface area contributed by atoms with Gasteiger partial charge in [0.05, 0.1) is 33.1 Å². The Morgan fingerprint density at radius 1 is 0.261 bits per heavy atom. The lowest BCUT2D eigenvalue weighted by atomic mass is 9.77. The van der Waals surface area contributed by atoms with Crippen LogP contribution in [0.4, 0.5) is 0 Å². The molecule has 15 rings (SSSR count). The number of aromatic nitrogens is 3. The Bertz CT molecular complexity index is 4230. The van der Waals surface area contributed by atoms with E-state index in [-0.39, 0.29) is 5.41 Å². The maximum Gasteiger partial charge on any atom is 0.0542 e. The van der Waals surface area contributed by atoms with Crippen molar-refractivity contribution in [1.29, 1.82) is 0 Å². The highest BCUT2D eigenvalue weighted by Gasteiger charge is 2.25. The van der Waals surface area contributed by atoms with Gasteiger partial charge in [-0.1, -0.05) is 136 Å². The smallest absolute Gasteiger partial charge is 0.0542 e. The number of hydrogen-bond acceptors (Lipinski definition) is 0. The third-order valence-electron chi connectivity index (χ3n) is 15.3. The topological polar surface area (TPSA) is 14.8 Å². The highest BCUT2D eigenvalue weighted by atomic mass is 15.0. The van der Waals surface area contributed by atoms with Gasteiger partial charge in [-0.05, 0) is 169 Å². The summed E-state index contributed by atoms with van der Waals surface area (Å²) in [6, 6.07) is 81.9. The molecule has 3 aromatic heterocycles. The van der Waals surface area contributed by atoms with Gasteiger partial charge in [0, 0.05) is 49.4 Å². The Hall–Kier alpha value is -8.66. The van der Waals surface area contributed by atoms with Crippen molar-refractivity contribution < 1.29 is 0 Å². The van der Waals surface area contributed by atoms with Gasteiger partial charge in [0.2, 0.25) is 0 Å². The molecule has 0 unspecified atom stereocenters. The van der Waals surface area contributed by atoms with Crippen LogP contribution < -0.4 is 0 Å². The fraction of sp³-hybridized carbons (Fsp3) is 0.0606. The highest BCUT2D eigenvalue weighted by Crippen LogP contribution is 2.51. The largest absolute Gasteiger partial charge is 0.309 e. The van der Waals surface area contributed by atoms with Gasteiger partial charge >= 0.3 is 0 Å². The van der Waals surface area contributed by atoms with Gasteiger partial charge in [-0.2, -0.15) is 0 Å². The van der Waals surface area contributed by atoms with E-state index in [1.807, 2.05) is 0 Å². The minimum atomic E-state index is 0.134. The second kappa shape index (κ2) is 13.9. The van der Waals surface area contributed by atoms with Gasteiger partial charge < -0.3 is 13.7 Å². The van der Waals surface area contributed by atoms with Gasteiger partial charge in [-0.25, -0.2) is 0 Å². The van der Waals surface area contributed by atoms with Crippen LogP contribution in [-0.2, 0) is 5.41 Å². The minimum absolute atomic E-state index is 0.134. The Kier molecular flexibility index (Phi) is 7.77. The molecule has 3 heteroatoms. The quantitative estimate of drug-likeness (QED) is 0.167. The van der Waals surface area contributed by atoms with Crippen molar-refractivity contribution in [2.24, 2.45) is 0 Å². The first-order valence-corrected chi connectivity index (χ1v) is 24.2. The fourth-order valence-corrected chi connectivity index (χ4v) is 11.9. The first kappa shape index (κ1) is 38.4. The zero-order chi connectivity index (χ0) is 45.7. The molecule has 0 N–H and O–H groups in total. The lowest BCUT2D eigenvalue weighted by Crippen LogP contribution is -2.10. The second-order valence-electron chi connectivity index (χ2n) is 20.2. The Morgan fingerprint density at radius 3 is 1.06 bits per heavy atom. The third kappa shape index (κ3) is 5.56. The number of nitrogens with zero attached hydrogens (tertiary/aromatic N) is 3. The summed E-state index contributed by atoms with van der Waals surface area (Å²) in [6.45, 7) is 6.81. The van der Waals surface area contributed by atoms with Crippen LogP contribution in [-0.4, -0.2) is 13.7 Å². The first-order chi connectivity index (χ1) is 33.8. The van der Waals surface area contributed by atoms with Crippen LogP contribution in [0.1, 0.15) is 26.3 Å². The molecular formula is C66H45N3. The molecule has 0 saturated carbocycles. The molecule has 3 heterocycles. The van der Waals surface area contributed by atoms with Gasteiger partial charge in [0.15, 0.2) is 0 Å². The predicted octanol–water partition coefficient (Wildman–Crippen LogP) is 17.9. The lowest BCUT2D eigenvalue weighted by Gasteiger charge is -2.26. The maximum absolute atomic E-state index is 2.48. The van der Waals surface area contributed by atoms with Crippen molar-refractivity contribution in [3.05, 3.63) is 224 Å². The summed E-state index contributed by atoms with van der Waals surface area (Å²) in [6.07, 6.45) is 0. The van der Waals surface area contributed by atoms with E-state index in [2.05, 4.69) is 253 Å². The SMILES string of the molecule is CC(C)(C)c1ccc(-c2ccc3cc4c(cc3c2)-c2cc3ccc(-n5c6ccc(-n7c8ccccc8c8ccccc87)cc6c6cc(-n7c8ccccc8c8ccccc87)ccc65)cc3cc2-4)cc1. The number of rotatable bonds is 4. The van der Waals surface area contributed by atoms with E-state index < -0.39 is 0 Å². The fourth-order valence-electron chi connectivity index (χ4n) is 11.9. The molecule has 0 spiro atoms. The summed E-state index contributed by atoms with van der Waals surface area (Å²) in [7, 11) is 0. The maximum atomic E-state index is 2.48. The van der Waals surface area contributed by atoms with Crippen LogP contribution in [0.2, 0.25) is 0 Å². The molecule has 0 radical (unpaired) electrons. The van der Waals surface area contributed by atoms with Gasteiger partial charge in [-0.3, -0.25) is 0 Å². The van der Waals surface area contributed by atoms with Crippen LogP contribution in [0.3, 0.4) is 0 Å². The summed E-state index contributed by atoms with van der Waals surface area (Å²) < 4.78 is 7.34. The van der Waals surface area contributed by atoms with Gasteiger partial charge in [-0.15, -0.1) is 0 Å². The molecule has 0 aliphatic heterocycles. The number of benzene rings is 11. The van der Waals surface area contributed by atoms with Gasteiger partial charge in [0.1, 0.15) is 0 Å². The molecule has 1 aliphatic rings. The van der Waals surface area contributed by atoms with Gasteiger partial charge in [0.25, 0.3) is 0 Å². The Balaban J connectivity index is 0.890. The molecule has 0 bridgehead atoms. The van der Waals surface area contributed by atoms with Crippen molar-refractivity contribution in [1.82, 2.24) is 13.7 Å². The molecule has 11 aromatic carbocycles. The lowest BCUT2D eigenvalue weighted by molar-refractivity contribution is 0.590.